The number of benzene rings is 7. The van der Waals surface area contributed by atoms with Crippen LogP contribution in [0.4, 0.5) is 0 Å². The molecule has 10 rings (SSSR count). The molecular formula is C42H27N3. The molecule has 45 heavy (non-hydrogen) atoms. The van der Waals surface area contributed by atoms with Gasteiger partial charge in [-0.15, -0.1) is 0 Å². The van der Waals surface area contributed by atoms with Crippen molar-refractivity contribution in [2.24, 2.45) is 0 Å². The van der Waals surface area contributed by atoms with E-state index in [2.05, 4.69) is 172 Å². The van der Waals surface area contributed by atoms with E-state index in [1.807, 2.05) is 0 Å². The highest BCUT2D eigenvalue weighted by molar-refractivity contribution is 6.30. The van der Waals surface area contributed by atoms with Crippen LogP contribution in [0.1, 0.15) is 0 Å². The summed E-state index contributed by atoms with van der Waals surface area (Å²) in [6.45, 7) is 0. The zero-order chi connectivity index (χ0) is 29.5. The molecule has 0 radical (unpaired) electrons. The molecule has 0 spiro atoms. The van der Waals surface area contributed by atoms with Gasteiger partial charge < -0.3 is 14.1 Å². The minimum atomic E-state index is 1.15. The van der Waals surface area contributed by atoms with Gasteiger partial charge in [0.25, 0.3) is 0 Å². The van der Waals surface area contributed by atoms with Gasteiger partial charge in [0.15, 0.2) is 0 Å². The van der Waals surface area contributed by atoms with Gasteiger partial charge in [0.1, 0.15) is 0 Å². The molecule has 0 unspecified atom stereocenters. The molecule has 0 aliphatic heterocycles. The third-order valence-corrected chi connectivity index (χ3v) is 9.43. The summed E-state index contributed by atoms with van der Waals surface area (Å²) in [5, 5.41) is 7.59. The molecule has 3 aromatic heterocycles. The van der Waals surface area contributed by atoms with Crippen LogP contribution in [0.15, 0.2) is 158 Å². The Morgan fingerprint density at radius 3 is 1.67 bits per heavy atom. The van der Waals surface area contributed by atoms with Gasteiger partial charge in [-0.25, -0.2) is 0 Å². The number of nitrogens with zero attached hydrogens (tertiary/aromatic N) is 2. The SMILES string of the molecule is c1ccc(-n2c3ccccc3c3c4c([nH]c5ccccc54)c(-c4cccc(-n5c6ccccc6c6ccccc65)c4)cc32)cc1. The Morgan fingerprint density at radius 1 is 0.378 bits per heavy atom. The number of fused-ring (bicyclic) bond motifs is 10. The maximum absolute atomic E-state index is 3.85. The van der Waals surface area contributed by atoms with E-state index < -0.39 is 0 Å². The minimum Gasteiger partial charge on any atom is -0.354 e. The summed E-state index contributed by atoms with van der Waals surface area (Å²) in [7, 11) is 0. The van der Waals surface area contributed by atoms with E-state index in [0.717, 1.165) is 16.9 Å². The first kappa shape index (κ1) is 24.4. The molecule has 0 fully saturated rings. The summed E-state index contributed by atoms with van der Waals surface area (Å²) < 4.78 is 4.82. The van der Waals surface area contributed by atoms with Crippen LogP contribution in [-0.2, 0) is 0 Å². The smallest absolute Gasteiger partial charge is 0.0555 e. The average Bonchev–Trinajstić information content (AvgIpc) is 3.76. The van der Waals surface area contributed by atoms with Gasteiger partial charge in [0.2, 0.25) is 0 Å². The summed E-state index contributed by atoms with van der Waals surface area (Å²) in [5.41, 5.74) is 11.8. The summed E-state index contributed by atoms with van der Waals surface area (Å²) in [5.74, 6) is 0. The lowest BCUT2D eigenvalue weighted by molar-refractivity contribution is 1.18. The van der Waals surface area contributed by atoms with Crippen LogP contribution < -0.4 is 0 Å². The van der Waals surface area contributed by atoms with Gasteiger partial charge in [0.05, 0.1) is 27.6 Å². The molecule has 7 aromatic carbocycles. The van der Waals surface area contributed by atoms with E-state index in [1.54, 1.807) is 0 Å². The lowest BCUT2D eigenvalue weighted by Crippen LogP contribution is -1.95. The van der Waals surface area contributed by atoms with Crippen LogP contribution in [-0.4, -0.2) is 14.1 Å². The highest BCUT2D eigenvalue weighted by Gasteiger charge is 2.21. The predicted octanol–water partition coefficient (Wildman–Crippen LogP) is 11.2. The zero-order valence-corrected chi connectivity index (χ0v) is 24.4. The van der Waals surface area contributed by atoms with Gasteiger partial charge in [-0.05, 0) is 60.2 Å². The van der Waals surface area contributed by atoms with E-state index in [1.165, 1.54) is 71.0 Å². The molecule has 0 aliphatic rings. The summed E-state index contributed by atoms with van der Waals surface area (Å²) in [4.78, 5) is 3.85. The number of para-hydroxylation sites is 5. The Hall–Kier alpha value is -6.06. The van der Waals surface area contributed by atoms with Gasteiger partial charge in [-0.3, -0.25) is 0 Å². The van der Waals surface area contributed by atoms with Crippen molar-refractivity contribution < 1.29 is 0 Å². The molecule has 0 saturated heterocycles. The third-order valence-electron chi connectivity index (χ3n) is 9.43. The third kappa shape index (κ3) is 3.41. The van der Waals surface area contributed by atoms with Crippen molar-refractivity contribution in [1.82, 2.24) is 14.1 Å². The second-order valence-corrected chi connectivity index (χ2v) is 11.8. The van der Waals surface area contributed by atoms with Crippen LogP contribution >= 0.6 is 0 Å². The molecule has 1 N–H and O–H groups in total. The van der Waals surface area contributed by atoms with Crippen molar-refractivity contribution in [2.45, 2.75) is 0 Å². The maximum Gasteiger partial charge on any atom is 0.0555 e. The maximum atomic E-state index is 3.85. The summed E-state index contributed by atoms with van der Waals surface area (Å²) in [6.07, 6.45) is 0. The summed E-state index contributed by atoms with van der Waals surface area (Å²) in [6, 6.07) is 57.1. The van der Waals surface area contributed by atoms with Gasteiger partial charge in [0, 0.05) is 54.8 Å². The number of aromatic nitrogens is 3. The first-order valence-electron chi connectivity index (χ1n) is 15.5. The van der Waals surface area contributed by atoms with E-state index in [9.17, 15) is 0 Å². The van der Waals surface area contributed by atoms with E-state index in [-0.39, 0.29) is 0 Å². The monoisotopic (exact) mass is 573 g/mol. The molecule has 0 saturated carbocycles. The van der Waals surface area contributed by atoms with Crippen LogP contribution in [0.25, 0.3) is 87.9 Å². The van der Waals surface area contributed by atoms with E-state index in [4.69, 9.17) is 0 Å². The van der Waals surface area contributed by atoms with Crippen molar-refractivity contribution in [2.75, 3.05) is 0 Å². The molecule has 0 bridgehead atoms. The van der Waals surface area contributed by atoms with Gasteiger partial charge >= 0.3 is 0 Å². The first-order valence-corrected chi connectivity index (χ1v) is 15.5. The highest BCUT2D eigenvalue weighted by Crippen LogP contribution is 2.44. The van der Waals surface area contributed by atoms with Crippen molar-refractivity contribution >= 4 is 65.4 Å². The fourth-order valence-corrected chi connectivity index (χ4v) is 7.57. The standard InChI is InChI=1S/C42H27N3/c1-2-14-28(15-3-1)44-38-24-11-7-20-33(38)40-39(44)26-34(42-41(40)32-19-4-8-21-35(32)43-42)27-13-12-16-29(25-27)45-36-22-9-5-17-30(36)31-18-6-10-23-37(31)45/h1-26,43H. The number of hydrogen-bond donors (Lipinski definition) is 1. The van der Waals surface area contributed by atoms with Crippen molar-refractivity contribution in [3.63, 3.8) is 0 Å². The molecular weight excluding hydrogens is 546 g/mol. The number of rotatable bonds is 3. The van der Waals surface area contributed by atoms with Crippen LogP contribution in [0, 0.1) is 0 Å². The largest absolute Gasteiger partial charge is 0.354 e. The fourth-order valence-electron chi connectivity index (χ4n) is 7.57. The highest BCUT2D eigenvalue weighted by atomic mass is 15.0. The first-order chi connectivity index (χ1) is 22.3. The molecule has 0 atom stereocenters. The molecule has 3 heterocycles. The second-order valence-electron chi connectivity index (χ2n) is 11.8. The van der Waals surface area contributed by atoms with Crippen molar-refractivity contribution in [3.8, 4) is 22.5 Å². The Balaban J connectivity index is 1.34. The molecule has 0 amide bonds. The number of nitrogens with one attached hydrogen (secondary N) is 1. The van der Waals surface area contributed by atoms with Gasteiger partial charge in [-0.2, -0.15) is 0 Å². The molecule has 0 aliphatic carbocycles. The number of aromatic amines is 1. The van der Waals surface area contributed by atoms with Crippen LogP contribution in [0.2, 0.25) is 0 Å². The van der Waals surface area contributed by atoms with Crippen LogP contribution in [0.3, 0.4) is 0 Å². The topological polar surface area (TPSA) is 25.6 Å². The normalized spacial score (nSPS) is 12.0. The average molecular weight is 574 g/mol. The Morgan fingerprint density at radius 2 is 0.933 bits per heavy atom. The Bertz CT molecular complexity index is 2700. The zero-order valence-electron chi connectivity index (χ0n) is 24.4. The van der Waals surface area contributed by atoms with Gasteiger partial charge in [-0.1, -0.05) is 103 Å². The number of H-pyrrole nitrogens is 1. The molecule has 10 aromatic rings. The van der Waals surface area contributed by atoms with Crippen LogP contribution in [0.5, 0.6) is 0 Å². The summed E-state index contributed by atoms with van der Waals surface area (Å²) >= 11 is 0. The van der Waals surface area contributed by atoms with E-state index >= 15 is 0 Å². The lowest BCUT2D eigenvalue weighted by atomic mass is 9.97. The minimum absolute atomic E-state index is 1.15. The Labute approximate surface area is 259 Å². The van der Waals surface area contributed by atoms with Crippen molar-refractivity contribution in [3.05, 3.63) is 158 Å². The lowest BCUT2D eigenvalue weighted by Gasteiger charge is -2.13. The quantitative estimate of drug-likeness (QED) is 0.218. The van der Waals surface area contributed by atoms with E-state index in [0.29, 0.717) is 0 Å². The molecule has 3 nitrogen and oxygen atoms in total. The van der Waals surface area contributed by atoms with Crippen molar-refractivity contribution in [1.29, 1.82) is 0 Å². The second kappa shape index (κ2) is 9.22. The number of hydrogen-bond acceptors (Lipinski definition) is 0. The Kier molecular flexibility index (Phi) is 5.00. The molecule has 3 heteroatoms. The fraction of sp³-hybridized carbons (Fsp3) is 0. The molecule has 210 valence electrons. The predicted molar refractivity (Wildman–Crippen MR) is 190 cm³/mol.